The number of benzene rings is 2. The van der Waals surface area contributed by atoms with Crippen LogP contribution in [0.25, 0.3) is 0 Å². The predicted molar refractivity (Wildman–Crippen MR) is 92.4 cm³/mol. The zero-order chi connectivity index (χ0) is 16.0. The van der Waals surface area contributed by atoms with Gasteiger partial charge in [0.25, 0.3) is 5.91 Å². The molecule has 0 saturated heterocycles. The molecule has 116 valence electrons. The molecule has 6 heteroatoms. The minimum Gasteiger partial charge on any atom is -0.382 e. The molecule has 0 bridgehead atoms. The van der Waals surface area contributed by atoms with Crippen molar-refractivity contribution in [3.05, 3.63) is 58.6 Å². The molecule has 0 saturated carbocycles. The summed E-state index contributed by atoms with van der Waals surface area (Å²) in [5.41, 5.74) is 10.2. The van der Waals surface area contributed by atoms with Gasteiger partial charge in [0, 0.05) is 29.2 Å². The second-order valence-corrected chi connectivity index (χ2v) is 5.99. The van der Waals surface area contributed by atoms with Crippen molar-refractivity contribution in [3.8, 4) is 0 Å². The Balaban J connectivity index is 1.99. The summed E-state index contributed by atoms with van der Waals surface area (Å²) in [4.78, 5) is 18.8. The monoisotopic (exact) mass is 326 g/mol. The van der Waals surface area contributed by atoms with E-state index in [4.69, 9.17) is 17.3 Å². The highest BCUT2D eigenvalue weighted by Crippen LogP contribution is 2.36. The fourth-order valence-corrected chi connectivity index (χ4v) is 3.28. The van der Waals surface area contributed by atoms with Gasteiger partial charge < -0.3 is 16.0 Å². The van der Waals surface area contributed by atoms with E-state index in [2.05, 4.69) is 10.3 Å². The molecule has 1 amide bonds. The molecule has 2 aromatic carbocycles. The van der Waals surface area contributed by atoms with Gasteiger partial charge in [-0.2, -0.15) is 0 Å². The minimum atomic E-state index is -0.915. The van der Waals surface area contributed by atoms with E-state index in [9.17, 15) is 4.79 Å². The van der Waals surface area contributed by atoms with E-state index in [1.807, 2.05) is 42.5 Å². The highest BCUT2D eigenvalue weighted by Gasteiger charge is 2.33. The summed E-state index contributed by atoms with van der Waals surface area (Å²) in [6.45, 7) is 1.27. The lowest BCUT2D eigenvalue weighted by atomic mass is 9.98. The fourth-order valence-electron chi connectivity index (χ4n) is 3.09. The summed E-state index contributed by atoms with van der Waals surface area (Å²) in [6, 6.07) is 13.3. The van der Waals surface area contributed by atoms with Gasteiger partial charge in [-0.15, -0.1) is 0 Å². The maximum absolute atomic E-state index is 12.6. The Bertz CT molecular complexity index is 833. The van der Waals surface area contributed by atoms with Crippen LogP contribution in [-0.4, -0.2) is 30.9 Å². The highest BCUT2D eigenvalue weighted by atomic mass is 35.5. The van der Waals surface area contributed by atoms with Gasteiger partial charge in [-0.3, -0.25) is 9.79 Å². The molecule has 0 spiro atoms. The summed E-state index contributed by atoms with van der Waals surface area (Å²) in [7, 11) is 0. The Labute approximate surface area is 138 Å². The van der Waals surface area contributed by atoms with E-state index >= 15 is 0 Å². The number of aliphatic imine (C=N–C) groups is 1. The SMILES string of the molecule is NC1N=C(c2cccc(Cl)c2)c2cccc3c2N(CCN3)C1=O. The molecule has 0 fully saturated rings. The molecule has 2 aliphatic rings. The molecule has 1 atom stereocenters. The first-order valence-electron chi connectivity index (χ1n) is 7.43. The average molecular weight is 327 g/mol. The van der Waals surface area contributed by atoms with Crippen LogP contribution in [0.1, 0.15) is 11.1 Å². The number of hydrogen-bond acceptors (Lipinski definition) is 4. The van der Waals surface area contributed by atoms with Gasteiger partial charge >= 0.3 is 0 Å². The molecule has 3 N–H and O–H groups in total. The summed E-state index contributed by atoms with van der Waals surface area (Å²) < 4.78 is 0. The van der Waals surface area contributed by atoms with E-state index < -0.39 is 6.17 Å². The highest BCUT2D eigenvalue weighted by molar-refractivity contribution is 6.31. The third-order valence-electron chi connectivity index (χ3n) is 4.10. The number of carbonyl (C=O) groups is 1. The number of amides is 1. The van der Waals surface area contributed by atoms with Gasteiger partial charge in [-0.25, -0.2) is 0 Å². The average Bonchev–Trinajstić information content (AvgIpc) is 2.67. The van der Waals surface area contributed by atoms with Crippen LogP contribution in [0, 0.1) is 0 Å². The molecular formula is C17H15ClN4O. The molecule has 2 heterocycles. The van der Waals surface area contributed by atoms with E-state index in [1.54, 1.807) is 4.90 Å². The molecule has 4 rings (SSSR count). The first-order chi connectivity index (χ1) is 11.1. The first kappa shape index (κ1) is 14.2. The molecule has 0 aromatic heterocycles. The predicted octanol–water partition coefficient (Wildman–Crippen LogP) is 2.23. The summed E-state index contributed by atoms with van der Waals surface area (Å²) in [5.74, 6) is -0.183. The number of nitrogens with two attached hydrogens (primary N) is 1. The molecule has 2 aromatic rings. The lowest BCUT2D eigenvalue weighted by Crippen LogP contribution is -2.46. The third-order valence-corrected chi connectivity index (χ3v) is 4.33. The molecule has 23 heavy (non-hydrogen) atoms. The van der Waals surface area contributed by atoms with Gasteiger partial charge in [0.05, 0.1) is 17.1 Å². The van der Waals surface area contributed by atoms with Gasteiger partial charge in [0.1, 0.15) is 0 Å². The fraction of sp³-hybridized carbons (Fsp3) is 0.176. The summed E-state index contributed by atoms with van der Waals surface area (Å²) in [5, 5.41) is 3.95. The second kappa shape index (κ2) is 5.37. The zero-order valence-corrected chi connectivity index (χ0v) is 13.0. The minimum absolute atomic E-state index is 0.183. The van der Waals surface area contributed by atoms with Crippen LogP contribution in [0.3, 0.4) is 0 Å². The number of anilines is 2. The number of halogens is 1. The van der Waals surface area contributed by atoms with Crippen molar-refractivity contribution in [2.24, 2.45) is 10.7 Å². The molecule has 0 aliphatic carbocycles. The standard InChI is InChI=1S/C17H15ClN4O/c18-11-4-1-3-10(9-11)14-12-5-2-6-13-15(12)22(8-7-20-13)17(23)16(19)21-14/h1-6,9,16,20H,7-8,19H2. The van der Waals surface area contributed by atoms with Crippen LogP contribution >= 0.6 is 11.6 Å². The lowest BCUT2D eigenvalue weighted by Gasteiger charge is -2.31. The Morgan fingerprint density at radius 1 is 1.26 bits per heavy atom. The molecular weight excluding hydrogens is 312 g/mol. The number of para-hydroxylation sites is 1. The van der Waals surface area contributed by atoms with Crippen LogP contribution in [-0.2, 0) is 4.79 Å². The van der Waals surface area contributed by atoms with E-state index in [-0.39, 0.29) is 5.91 Å². The van der Waals surface area contributed by atoms with Gasteiger partial charge in [-0.05, 0) is 18.2 Å². The van der Waals surface area contributed by atoms with Crippen molar-refractivity contribution < 1.29 is 4.79 Å². The van der Waals surface area contributed by atoms with Crippen LogP contribution in [0.2, 0.25) is 5.02 Å². The van der Waals surface area contributed by atoms with Crippen molar-refractivity contribution in [2.45, 2.75) is 6.17 Å². The van der Waals surface area contributed by atoms with E-state index in [0.717, 1.165) is 22.5 Å². The Kier molecular flexibility index (Phi) is 3.32. The normalized spacial score (nSPS) is 19.6. The molecule has 1 unspecified atom stereocenters. The number of nitrogens with one attached hydrogen (secondary N) is 1. The van der Waals surface area contributed by atoms with Gasteiger partial charge in [0.2, 0.25) is 0 Å². The number of rotatable bonds is 1. The second-order valence-electron chi connectivity index (χ2n) is 5.55. The topological polar surface area (TPSA) is 70.7 Å². The summed E-state index contributed by atoms with van der Waals surface area (Å²) in [6.07, 6.45) is -0.915. The summed E-state index contributed by atoms with van der Waals surface area (Å²) >= 11 is 6.12. The van der Waals surface area contributed by atoms with Crippen LogP contribution in [0.4, 0.5) is 11.4 Å². The van der Waals surface area contributed by atoms with Crippen molar-refractivity contribution in [1.29, 1.82) is 0 Å². The lowest BCUT2D eigenvalue weighted by molar-refractivity contribution is -0.119. The smallest absolute Gasteiger partial charge is 0.266 e. The maximum Gasteiger partial charge on any atom is 0.266 e. The zero-order valence-electron chi connectivity index (χ0n) is 12.3. The van der Waals surface area contributed by atoms with E-state index in [0.29, 0.717) is 23.8 Å². The Morgan fingerprint density at radius 2 is 2.09 bits per heavy atom. The Morgan fingerprint density at radius 3 is 2.91 bits per heavy atom. The quantitative estimate of drug-likeness (QED) is 0.844. The third kappa shape index (κ3) is 2.29. The number of hydrogen-bond donors (Lipinski definition) is 2. The van der Waals surface area contributed by atoms with Crippen molar-refractivity contribution >= 4 is 34.6 Å². The first-order valence-corrected chi connectivity index (χ1v) is 7.81. The van der Waals surface area contributed by atoms with Gasteiger partial charge in [0.15, 0.2) is 6.17 Å². The molecule has 5 nitrogen and oxygen atoms in total. The molecule has 2 aliphatic heterocycles. The van der Waals surface area contributed by atoms with Crippen molar-refractivity contribution in [3.63, 3.8) is 0 Å². The maximum atomic E-state index is 12.6. The van der Waals surface area contributed by atoms with Crippen molar-refractivity contribution in [2.75, 3.05) is 23.3 Å². The number of nitrogens with zero attached hydrogens (tertiary/aromatic N) is 2. The van der Waals surface area contributed by atoms with Crippen LogP contribution in [0.5, 0.6) is 0 Å². The van der Waals surface area contributed by atoms with Crippen LogP contribution in [0.15, 0.2) is 47.5 Å². The number of carbonyl (C=O) groups excluding carboxylic acids is 1. The van der Waals surface area contributed by atoms with Crippen LogP contribution < -0.4 is 16.0 Å². The van der Waals surface area contributed by atoms with E-state index in [1.165, 1.54) is 0 Å². The molecule has 0 radical (unpaired) electrons. The van der Waals surface area contributed by atoms with Crippen molar-refractivity contribution in [1.82, 2.24) is 0 Å². The Hall–Kier alpha value is -2.37. The van der Waals surface area contributed by atoms with Gasteiger partial charge in [-0.1, -0.05) is 35.9 Å². The largest absolute Gasteiger partial charge is 0.382 e.